The first-order valence-corrected chi connectivity index (χ1v) is 14.1. The Hall–Kier alpha value is -3.59. The summed E-state index contributed by atoms with van der Waals surface area (Å²) in [6, 6.07) is 8.71. The number of carbonyl (C=O) groups is 1. The van der Waals surface area contributed by atoms with Gasteiger partial charge in [-0.3, -0.25) is 9.78 Å². The zero-order chi connectivity index (χ0) is 31.2. The van der Waals surface area contributed by atoms with Crippen molar-refractivity contribution in [3.05, 3.63) is 76.9 Å². The van der Waals surface area contributed by atoms with Crippen LogP contribution < -0.4 is 9.64 Å². The zero-order valence-corrected chi connectivity index (χ0v) is 25.2. The fourth-order valence-corrected chi connectivity index (χ4v) is 4.67. The number of ether oxygens (including phenoxy) is 1. The van der Waals surface area contributed by atoms with Crippen molar-refractivity contribution in [1.82, 2.24) is 4.98 Å². The Kier molecular flexibility index (Phi) is 10.7. The fourth-order valence-electron chi connectivity index (χ4n) is 4.67. The van der Waals surface area contributed by atoms with Gasteiger partial charge in [0.1, 0.15) is 5.82 Å². The molecule has 0 spiro atoms. The third kappa shape index (κ3) is 9.21. The molecule has 1 aromatic heterocycles. The van der Waals surface area contributed by atoms with Gasteiger partial charge < -0.3 is 19.8 Å². The van der Waals surface area contributed by atoms with Crippen LogP contribution in [0.1, 0.15) is 64.3 Å². The second-order valence-electron chi connectivity index (χ2n) is 12.4. The SMILES string of the molecule is CC(C)(C)O.Cc1ncc(-c2ccc(OCCc3ccc(F)cc3)c(F)c2F)c(N2CCC(C)(C)CC2)c1CC(=O)O. The number of benzene rings is 2. The Morgan fingerprint density at radius 2 is 1.60 bits per heavy atom. The van der Waals surface area contributed by atoms with Gasteiger partial charge in [-0.25, -0.2) is 8.78 Å². The number of aliphatic hydroxyl groups is 1. The van der Waals surface area contributed by atoms with Crippen molar-refractivity contribution in [3.8, 4) is 16.9 Å². The Morgan fingerprint density at radius 3 is 2.17 bits per heavy atom. The highest BCUT2D eigenvalue weighted by Crippen LogP contribution is 2.41. The summed E-state index contributed by atoms with van der Waals surface area (Å²) in [6.07, 6.45) is 3.40. The van der Waals surface area contributed by atoms with Crippen LogP contribution in [0.3, 0.4) is 0 Å². The topological polar surface area (TPSA) is 82.9 Å². The predicted octanol–water partition coefficient (Wildman–Crippen LogP) is 7.13. The first kappa shape index (κ1) is 32.9. The van der Waals surface area contributed by atoms with E-state index < -0.39 is 23.2 Å². The van der Waals surface area contributed by atoms with Crippen molar-refractivity contribution < 1.29 is 32.9 Å². The molecule has 4 rings (SSSR count). The summed E-state index contributed by atoms with van der Waals surface area (Å²) >= 11 is 0. The number of anilines is 1. The largest absolute Gasteiger partial charge is 0.490 e. The Balaban J connectivity index is 0.000000892. The molecule has 1 aliphatic rings. The van der Waals surface area contributed by atoms with Gasteiger partial charge in [0.25, 0.3) is 0 Å². The van der Waals surface area contributed by atoms with E-state index in [4.69, 9.17) is 9.84 Å². The highest BCUT2D eigenvalue weighted by Gasteiger charge is 2.30. The quantitative estimate of drug-likeness (QED) is 0.292. The monoisotopic (exact) mass is 586 g/mol. The number of halogens is 3. The molecule has 1 aliphatic heterocycles. The minimum atomic E-state index is -1.12. The lowest BCUT2D eigenvalue weighted by molar-refractivity contribution is -0.136. The molecule has 0 amide bonds. The minimum Gasteiger partial charge on any atom is -0.490 e. The van der Waals surface area contributed by atoms with Gasteiger partial charge in [-0.1, -0.05) is 26.0 Å². The summed E-state index contributed by atoms with van der Waals surface area (Å²) in [4.78, 5) is 18.1. The first-order valence-electron chi connectivity index (χ1n) is 14.1. The fraction of sp³-hybridized carbons (Fsp3) is 0.455. The van der Waals surface area contributed by atoms with E-state index in [-0.39, 0.29) is 35.6 Å². The molecule has 1 fully saturated rings. The maximum absolute atomic E-state index is 15.4. The third-order valence-corrected chi connectivity index (χ3v) is 7.02. The van der Waals surface area contributed by atoms with Crippen LogP contribution in [0.15, 0.2) is 42.6 Å². The van der Waals surface area contributed by atoms with Gasteiger partial charge in [-0.05, 0) is 75.8 Å². The molecular weight excluding hydrogens is 545 g/mol. The van der Waals surface area contributed by atoms with E-state index >= 15 is 8.78 Å². The molecule has 2 heterocycles. The molecule has 9 heteroatoms. The number of aromatic nitrogens is 1. The van der Waals surface area contributed by atoms with Gasteiger partial charge >= 0.3 is 5.97 Å². The van der Waals surface area contributed by atoms with Crippen molar-refractivity contribution in [2.24, 2.45) is 5.41 Å². The number of piperidine rings is 1. The van der Waals surface area contributed by atoms with Crippen molar-refractivity contribution in [3.63, 3.8) is 0 Å². The minimum absolute atomic E-state index is 0.00218. The number of hydrogen-bond acceptors (Lipinski definition) is 5. The van der Waals surface area contributed by atoms with Gasteiger partial charge in [-0.2, -0.15) is 4.39 Å². The molecule has 2 aromatic carbocycles. The van der Waals surface area contributed by atoms with Crippen LogP contribution >= 0.6 is 0 Å². The zero-order valence-electron chi connectivity index (χ0n) is 25.2. The highest BCUT2D eigenvalue weighted by atomic mass is 19.2. The molecule has 228 valence electrons. The molecule has 0 aliphatic carbocycles. The van der Waals surface area contributed by atoms with Crippen LogP contribution in [0.2, 0.25) is 0 Å². The maximum Gasteiger partial charge on any atom is 0.307 e. The smallest absolute Gasteiger partial charge is 0.307 e. The van der Waals surface area contributed by atoms with E-state index in [0.29, 0.717) is 42.0 Å². The molecule has 42 heavy (non-hydrogen) atoms. The van der Waals surface area contributed by atoms with Gasteiger partial charge in [0, 0.05) is 48.1 Å². The number of pyridine rings is 1. The summed E-state index contributed by atoms with van der Waals surface area (Å²) in [5, 5.41) is 18.1. The van der Waals surface area contributed by atoms with E-state index in [9.17, 15) is 14.3 Å². The van der Waals surface area contributed by atoms with Crippen molar-refractivity contribution in [1.29, 1.82) is 0 Å². The van der Waals surface area contributed by atoms with E-state index in [1.165, 1.54) is 30.5 Å². The van der Waals surface area contributed by atoms with Gasteiger partial charge in [0.15, 0.2) is 11.6 Å². The number of carboxylic acids is 1. The number of nitrogens with zero attached hydrogens (tertiary/aromatic N) is 2. The van der Waals surface area contributed by atoms with E-state index in [0.717, 1.165) is 18.4 Å². The number of hydrogen-bond donors (Lipinski definition) is 2. The first-order chi connectivity index (χ1) is 19.6. The van der Waals surface area contributed by atoms with E-state index in [1.54, 1.807) is 39.8 Å². The highest BCUT2D eigenvalue weighted by molar-refractivity contribution is 5.85. The molecule has 2 N–H and O–H groups in total. The lowest BCUT2D eigenvalue weighted by atomic mass is 9.82. The van der Waals surface area contributed by atoms with Crippen LogP contribution in [0.4, 0.5) is 18.9 Å². The van der Waals surface area contributed by atoms with Crippen LogP contribution in [0.5, 0.6) is 5.75 Å². The summed E-state index contributed by atoms with van der Waals surface area (Å²) < 4.78 is 49.1. The molecular formula is C33H41F3N2O4. The maximum atomic E-state index is 15.4. The molecule has 3 aromatic rings. The van der Waals surface area contributed by atoms with Gasteiger partial charge in [-0.15, -0.1) is 0 Å². The Bertz CT molecular complexity index is 1370. The molecule has 1 saturated heterocycles. The summed E-state index contributed by atoms with van der Waals surface area (Å²) in [6.45, 7) is 12.8. The second-order valence-corrected chi connectivity index (χ2v) is 12.4. The van der Waals surface area contributed by atoms with Crippen LogP contribution in [0.25, 0.3) is 11.1 Å². The molecule has 0 radical (unpaired) electrons. The molecule has 0 unspecified atom stereocenters. The molecule has 6 nitrogen and oxygen atoms in total. The average molecular weight is 587 g/mol. The van der Waals surface area contributed by atoms with Gasteiger partial charge in [0.2, 0.25) is 5.82 Å². The standard InChI is InChI=1S/C29H31F3N2O3.C4H10O/c1-18-22(16-25(35)36)28(34-13-11-29(2,3)12-14-34)23(17-33-18)21-8-9-24(27(32)26(21)31)37-15-10-19-4-6-20(30)7-5-19;1-4(2,3)5/h4-9,17H,10-16H2,1-3H3,(H,35,36);5H,1-3H3. The number of carboxylic acid groups (broad SMARTS) is 1. The lowest BCUT2D eigenvalue weighted by Crippen LogP contribution is -2.38. The predicted molar refractivity (Wildman–Crippen MR) is 158 cm³/mol. The molecule has 0 bridgehead atoms. The number of rotatable bonds is 8. The van der Waals surface area contributed by atoms with Crippen molar-refractivity contribution >= 4 is 11.7 Å². The number of aliphatic carboxylic acids is 1. The van der Waals surface area contributed by atoms with Crippen LogP contribution in [0, 0.1) is 29.8 Å². The van der Waals surface area contributed by atoms with Crippen molar-refractivity contribution in [2.45, 2.75) is 72.8 Å². The van der Waals surface area contributed by atoms with Crippen LogP contribution in [-0.4, -0.2) is 46.5 Å². The Morgan fingerprint density at radius 1 is 1.00 bits per heavy atom. The summed E-state index contributed by atoms with van der Waals surface area (Å²) in [5.74, 6) is -3.79. The van der Waals surface area contributed by atoms with Gasteiger partial charge in [0.05, 0.1) is 24.3 Å². The third-order valence-electron chi connectivity index (χ3n) is 7.02. The normalized spacial score (nSPS) is 14.7. The number of aryl methyl sites for hydroxylation is 1. The molecule has 0 saturated carbocycles. The second kappa shape index (κ2) is 13.6. The van der Waals surface area contributed by atoms with Crippen molar-refractivity contribution in [2.75, 3.05) is 24.6 Å². The average Bonchev–Trinajstić information content (AvgIpc) is 2.88. The Labute approximate surface area is 246 Å². The molecule has 0 atom stereocenters. The van der Waals surface area contributed by atoms with E-state index in [1.807, 2.05) is 0 Å². The lowest BCUT2D eigenvalue weighted by Gasteiger charge is -2.40. The summed E-state index contributed by atoms with van der Waals surface area (Å²) in [7, 11) is 0. The van der Waals surface area contributed by atoms with E-state index in [2.05, 4.69) is 23.7 Å². The summed E-state index contributed by atoms with van der Waals surface area (Å²) in [5.41, 5.74) is 2.46. The van der Waals surface area contributed by atoms with Crippen LogP contribution in [-0.2, 0) is 17.6 Å².